The van der Waals surface area contributed by atoms with Crippen molar-refractivity contribution in [2.75, 3.05) is 45.4 Å². The average Bonchev–Trinajstić information content (AvgIpc) is 2.50. The van der Waals surface area contributed by atoms with Crippen molar-refractivity contribution in [3.63, 3.8) is 0 Å². The molecule has 0 aromatic heterocycles. The van der Waals surface area contributed by atoms with Crippen LogP contribution in [-0.2, 0) is 16.1 Å². The molecule has 20 heavy (non-hydrogen) atoms. The molecule has 0 spiro atoms. The Balaban J connectivity index is 2.90. The SMILES string of the molecule is COCCCN(CCOC)c1ccc(CO)cc1C#N. The van der Waals surface area contributed by atoms with Crippen LogP contribution in [0.15, 0.2) is 18.2 Å². The van der Waals surface area contributed by atoms with Crippen LogP contribution in [0, 0.1) is 11.3 Å². The molecule has 0 saturated heterocycles. The third-order valence-electron chi connectivity index (χ3n) is 3.05. The number of nitrogens with zero attached hydrogens (tertiary/aromatic N) is 2. The zero-order valence-electron chi connectivity index (χ0n) is 12.1. The second-order valence-corrected chi connectivity index (χ2v) is 4.45. The van der Waals surface area contributed by atoms with E-state index in [-0.39, 0.29) is 6.61 Å². The molecule has 110 valence electrons. The van der Waals surface area contributed by atoms with Crippen molar-refractivity contribution >= 4 is 5.69 Å². The minimum absolute atomic E-state index is 0.0588. The highest BCUT2D eigenvalue weighted by Gasteiger charge is 2.11. The van der Waals surface area contributed by atoms with Crippen LogP contribution >= 0.6 is 0 Å². The number of methoxy groups -OCH3 is 2. The van der Waals surface area contributed by atoms with Crippen molar-refractivity contribution in [2.24, 2.45) is 0 Å². The van der Waals surface area contributed by atoms with Crippen LogP contribution < -0.4 is 4.90 Å². The smallest absolute Gasteiger partial charge is 0.101 e. The lowest BCUT2D eigenvalue weighted by atomic mass is 10.1. The second kappa shape index (κ2) is 9.32. The number of benzene rings is 1. The van der Waals surface area contributed by atoms with Crippen LogP contribution in [0.25, 0.3) is 0 Å². The fraction of sp³-hybridized carbons (Fsp3) is 0.533. The van der Waals surface area contributed by atoms with E-state index >= 15 is 0 Å². The monoisotopic (exact) mass is 278 g/mol. The van der Waals surface area contributed by atoms with E-state index in [4.69, 9.17) is 14.6 Å². The first-order valence-electron chi connectivity index (χ1n) is 6.63. The van der Waals surface area contributed by atoms with E-state index in [1.54, 1.807) is 20.3 Å². The van der Waals surface area contributed by atoms with Crippen molar-refractivity contribution in [1.29, 1.82) is 5.26 Å². The van der Waals surface area contributed by atoms with Gasteiger partial charge in [0.15, 0.2) is 0 Å². The van der Waals surface area contributed by atoms with Crippen molar-refractivity contribution in [3.05, 3.63) is 29.3 Å². The minimum atomic E-state index is -0.0588. The first-order valence-corrected chi connectivity index (χ1v) is 6.63. The number of anilines is 1. The molecule has 0 fully saturated rings. The van der Waals surface area contributed by atoms with Crippen molar-refractivity contribution < 1.29 is 14.6 Å². The molecule has 0 atom stereocenters. The number of hydrogen-bond donors (Lipinski definition) is 1. The van der Waals surface area contributed by atoms with E-state index < -0.39 is 0 Å². The van der Waals surface area contributed by atoms with E-state index in [1.165, 1.54) is 0 Å². The van der Waals surface area contributed by atoms with Gasteiger partial charge in [-0.3, -0.25) is 0 Å². The van der Waals surface area contributed by atoms with Crippen molar-refractivity contribution in [3.8, 4) is 6.07 Å². The fourth-order valence-corrected chi connectivity index (χ4v) is 2.00. The van der Waals surface area contributed by atoms with Gasteiger partial charge in [-0.1, -0.05) is 6.07 Å². The van der Waals surface area contributed by atoms with Gasteiger partial charge in [-0.15, -0.1) is 0 Å². The van der Waals surface area contributed by atoms with Crippen LogP contribution in [0.4, 0.5) is 5.69 Å². The molecule has 0 heterocycles. The lowest BCUT2D eigenvalue weighted by Crippen LogP contribution is -2.29. The number of rotatable bonds is 9. The molecule has 0 bridgehead atoms. The highest BCUT2D eigenvalue weighted by atomic mass is 16.5. The Bertz CT molecular complexity index is 443. The van der Waals surface area contributed by atoms with Gasteiger partial charge in [0.1, 0.15) is 6.07 Å². The Morgan fingerprint density at radius 2 is 1.95 bits per heavy atom. The molecule has 1 N–H and O–H groups in total. The van der Waals surface area contributed by atoms with Gasteiger partial charge >= 0.3 is 0 Å². The highest BCUT2D eigenvalue weighted by molar-refractivity contribution is 5.60. The van der Waals surface area contributed by atoms with Crippen LogP contribution in [0.2, 0.25) is 0 Å². The quantitative estimate of drug-likeness (QED) is 0.694. The van der Waals surface area contributed by atoms with Crippen LogP contribution in [0.1, 0.15) is 17.5 Å². The lowest BCUT2D eigenvalue weighted by Gasteiger charge is -2.25. The average molecular weight is 278 g/mol. The van der Waals surface area contributed by atoms with Gasteiger partial charge < -0.3 is 19.5 Å². The Morgan fingerprint density at radius 3 is 2.55 bits per heavy atom. The Labute approximate surface area is 120 Å². The zero-order chi connectivity index (χ0) is 14.8. The maximum absolute atomic E-state index is 9.27. The summed E-state index contributed by atoms with van der Waals surface area (Å²) < 4.78 is 10.2. The zero-order valence-corrected chi connectivity index (χ0v) is 12.1. The third kappa shape index (κ3) is 4.82. The fourth-order valence-electron chi connectivity index (χ4n) is 2.00. The number of nitriles is 1. The molecule has 1 aromatic carbocycles. The molecule has 0 aliphatic heterocycles. The minimum Gasteiger partial charge on any atom is -0.392 e. The summed E-state index contributed by atoms with van der Waals surface area (Å²) in [5, 5.41) is 18.4. The van der Waals surface area contributed by atoms with Crippen LogP contribution in [0.5, 0.6) is 0 Å². The largest absolute Gasteiger partial charge is 0.392 e. The summed E-state index contributed by atoms with van der Waals surface area (Å²) in [6.07, 6.45) is 0.882. The molecule has 0 saturated carbocycles. The standard InChI is InChI=1S/C15H22N2O3/c1-19-8-3-6-17(7-9-20-2)15-5-4-13(12-18)10-14(15)11-16/h4-5,10,18H,3,6-9,12H2,1-2H3. The van der Waals surface area contributed by atoms with E-state index in [2.05, 4.69) is 11.0 Å². The summed E-state index contributed by atoms with van der Waals surface area (Å²) in [5.74, 6) is 0. The van der Waals surface area contributed by atoms with Gasteiger partial charge in [0.25, 0.3) is 0 Å². The Kier molecular flexibility index (Phi) is 7.66. The van der Waals surface area contributed by atoms with Crippen LogP contribution in [-0.4, -0.2) is 45.6 Å². The van der Waals surface area contributed by atoms with Gasteiger partial charge in [0.2, 0.25) is 0 Å². The second-order valence-electron chi connectivity index (χ2n) is 4.45. The van der Waals surface area contributed by atoms with Crippen molar-refractivity contribution in [1.82, 2.24) is 0 Å². The summed E-state index contributed by atoms with van der Waals surface area (Å²) >= 11 is 0. The maximum Gasteiger partial charge on any atom is 0.101 e. The van der Waals surface area contributed by atoms with Gasteiger partial charge in [-0.05, 0) is 24.1 Å². The maximum atomic E-state index is 9.27. The first kappa shape index (κ1) is 16.4. The molecule has 0 aliphatic carbocycles. The Morgan fingerprint density at radius 1 is 1.20 bits per heavy atom. The molecule has 5 heteroatoms. The summed E-state index contributed by atoms with van der Waals surface area (Å²) in [6.45, 7) is 2.73. The molecule has 0 amide bonds. The number of ether oxygens (including phenoxy) is 2. The molecule has 1 rings (SSSR count). The number of aliphatic hydroxyl groups is 1. The summed E-state index contributed by atoms with van der Waals surface area (Å²) in [5.41, 5.74) is 2.19. The molecule has 0 radical (unpaired) electrons. The van der Waals surface area contributed by atoms with E-state index in [9.17, 15) is 5.26 Å². The molecule has 1 aromatic rings. The van der Waals surface area contributed by atoms with Crippen LogP contribution in [0.3, 0.4) is 0 Å². The van der Waals surface area contributed by atoms with Gasteiger partial charge in [0, 0.05) is 33.9 Å². The normalized spacial score (nSPS) is 10.3. The molecule has 0 unspecified atom stereocenters. The van der Waals surface area contributed by atoms with E-state index in [0.717, 1.165) is 24.2 Å². The Hall–Kier alpha value is -1.61. The van der Waals surface area contributed by atoms with Gasteiger partial charge in [-0.25, -0.2) is 0 Å². The van der Waals surface area contributed by atoms with Gasteiger partial charge in [0.05, 0.1) is 24.5 Å². The molecule has 0 aliphatic rings. The summed E-state index contributed by atoms with van der Waals surface area (Å²) in [6, 6.07) is 7.64. The third-order valence-corrected chi connectivity index (χ3v) is 3.05. The van der Waals surface area contributed by atoms with Crippen molar-refractivity contribution in [2.45, 2.75) is 13.0 Å². The molecular weight excluding hydrogens is 256 g/mol. The molecule has 5 nitrogen and oxygen atoms in total. The first-order chi connectivity index (χ1) is 9.76. The highest BCUT2D eigenvalue weighted by Crippen LogP contribution is 2.22. The topological polar surface area (TPSA) is 65.7 Å². The lowest BCUT2D eigenvalue weighted by molar-refractivity contribution is 0.191. The number of aliphatic hydroxyl groups excluding tert-OH is 1. The number of hydrogen-bond acceptors (Lipinski definition) is 5. The van der Waals surface area contributed by atoms with Gasteiger partial charge in [-0.2, -0.15) is 5.26 Å². The predicted octanol–water partition coefficient (Wildman–Crippen LogP) is 1.54. The van der Waals surface area contributed by atoms with E-state index in [1.807, 2.05) is 12.1 Å². The van der Waals surface area contributed by atoms with E-state index in [0.29, 0.717) is 25.3 Å². The molecular formula is C15H22N2O3. The summed E-state index contributed by atoms with van der Waals surface area (Å²) in [7, 11) is 3.34. The summed E-state index contributed by atoms with van der Waals surface area (Å²) in [4.78, 5) is 2.11. The predicted molar refractivity (Wildman–Crippen MR) is 77.7 cm³/mol.